The number of aromatic nitrogens is 1. The third kappa shape index (κ3) is 3.02. The average Bonchev–Trinajstić information content (AvgIpc) is 2.18. The molecule has 1 heterocycles. The summed E-state index contributed by atoms with van der Waals surface area (Å²) in [5, 5.41) is 8.37. The Morgan fingerprint density at radius 2 is 2.00 bits per heavy atom. The summed E-state index contributed by atoms with van der Waals surface area (Å²) in [4.78, 5) is 3.45. The van der Waals surface area contributed by atoms with Crippen LogP contribution < -0.4 is 0 Å². The zero-order valence-corrected chi connectivity index (χ0v) is 10.2. The molecule has 0 aliphatic rings. The first-order valence-corrected chi connectivity index (χ1v) is 5.26. The smallest absolute Gasteiger partial charge is 0.249 e. The van der Waals surface area contributed by atoms with Crippen LogP contribution >= 0.6 is 22.6 Å². The lowest BCUT2D eigenvalue weighted by Crippen LogP contribution is -2.15. The molecule has 0 aliphatic carbocycles. The molecule has 0 radical (unpaired) electrons. The van der Waals surface area contributed by atoms with E-state index < -0.39 is 39.4 Å². The van der Waals surface area contributed by atoms with Crippen molar-refractivity contribution in [1.82, 2.24) is 4.98 Å². The molecule has 8 heteroatoms. The molecule has 0 aliphatic heterocycles. The van der Waals surface area contributed by atoms with E-state index in [0.29, 0.717) is 0 Å². The molecule has 1 rings (SSSR count). The molecule has 17 heavy (non-hydrogen) atoms. The van der Waals surface area contributed by atoms with Gasteiger partial charge < -0.3 is 0 Å². The summed E-state index contributed by atoms with van der Waals surface area (Å²) in [7, 11) is 0. The highest BCUT2D eigenvalue weighted by Gasteiger charge is 2.39. The predicted molar refractivity (Wildman–Crippen MR) is 56.2 cm³/mol. The molecule has 0 bridgehead atoms. The van der Waals surface area contributed by atoms with Crippen LogP contribution in [-0.2, 0) is 12.6 Å². The van der Waals surface area contributed by atoms with Crippen molar-refractivity contribution in [3.05, 3.63) is 26.6 Å². The number of nitrogens with zero attached hydrogens (tertiary/aromatic N) is 2. The molecule has 1 aromatic heterocycles. The largest absolute Gasteiger partial charge is 0.417 e. The lowest BCUT2D eigenvalue weighted by atomic mass is 10.0. The number of rotatable bonds is 2. The zero-order valence-electron chi connectivity index (χ0n) is 8.02. The Kier molecular flexibility index (Phi) is 4.24. The van der Waals surface area contributed by atoms with Crippen molar-refractivity contribution in [2.24, 2.45) is 0 Å². The first-order valence-electron chi connectivity index (χ1n) is 4.18. The van der Waals surface area contributed by atoms with E-state index in [1.165, 1.54) is 28.7 Å². The normalized spacial score (nSPS) is 11.6. The summed E-state index contributed by atoms with van der Waals surface area (Å²) in [6.07, 6.45) is -8.02. The molecule has 0 spiro atoms. The Balaban J connectivity index is 3.57. The van der Waals surface area contributed by atoms with Crippen LogP contribution in [0.4, 0.5) is 22.0 Å². The van der Waals surface area contributed by atoms with Gasteiger partial charge in [0.05, 0.1) is 23.6 Å². The van der Waals surface area contributed by atoms with Gasteiger partial charge in [0.25, 0.3) is 6.43 Å². The molecule has 0 saturated heterocycles. The van der Waals surface area contributed by atoms with Gasteiger partial charge in [-0.1, -0.05) is 0 Å². The topological polar surface area (TPSA) is 36.7 Å². The lowest BCUT2D eigenvalue weighted by molar-refractivity contribution is -0.140. The van der Waals surface area contributed by atoms with E-state index in [2.05, 4.69) is 4.98 Å². The molecule has 0 aromatic carbocycles. The average molecular weight is 362 g/mol. The Bertz CT molecular complexity index is 464. The summed E-state index contributed by atoms with van der Waals surface area (Å²) in [5.41, 5.74) is -3.14. The molecule has 0 N–H and O–H groups in total. The second-order valence-electron chi connectivity index (χ2n) is 3.00. The molecule has 92 valence electrons. The van der Waals surface area contributed by atoms with Gasteiger partial charge in [0.2, 0.25) is 0 Å². The van der Waals surface area contributed by atoms with Gasteiger partial charge in [-0.15, -0.1) is 0 Å². The standard InChI is InChI=1S/C9H4F5IN2/c10-7(11)5-6(9(12,13)14)4(1-2-16)3-17-8(5)15/h3,7H,1H2. The molecule has 1 aromatic rings. The number of pyridine rings is 1. The molecule has 0 unspecified atom stereocenters. The quantitative estimate of drug-likeness (QED) is 0.457. The van der Waals surface area contributed by atoms with Gasteiger partial charge >= 0.3 is 6.18 Å². The van der Waals surface area contributed by atoms with Crippen LogP contribution in [0.1, 0.15) is 23.1 Å². The number of halogens is 6. The van der Waals surface area contributed by atoms with Crippen LogP contribution in [-0.4, -0.2) is 4.98 Å². The molecule has 0 atom stereocenters. The fraction of sp³-hybridized carbons (Fsp3) is 0.333. The van der Waals surface area contributed by atoms with E-state index in [1.807, 2.05) is 0 Å². The Labute approximate surface area is 107 Å². The van der Waals surface area contributed by atoms with E-state index in [0.717, 1.165) is 6.20 Å². The van der Waals surface area contributed by atoms with Crippen LogP contribution in [0.3, 0.4) is 0 Å². The van der Waals surface area contributed by atoms with Gasteiger partial charge in [-0.3, -0.25) is 0 Å². The zero-order chi connectivity index (χ0) is 13.2. The Hall–Kier alpha value is -0.980. The fourth-order valence-electron chi connectivity index (χ4n) is 1.30. The van der Waals surface area contributed by atoms with Crippen molar-refractivity contribution >= 4 is 22.6 Å². The molecule has 0 amide bonds. The molecule has 0 saturated carbocycles. The molecular formula is C9H4F5IN2. The minimum atomic E-state index is -4.93. The van der Waals surface area contributed by atoms with Crippen LogP contribution in [0.15, 0.2) is 6.20 Å². The van der Waals surface area contributed by atoms with Gasteiger partial charge in [0, 0.05) is 6.20 Å². The SMILES string of the molecule is N#CCc1cnc(I)c(C(F)F)c1C(F)(F)F. The maximum atomic E-state index is 12.7. The van der Waals surface area contributed by atoms with E-state index in [-0.39, 0.29) is 0 Å². The summed E-state index contributed by atoms with van der Waals surface area (Å²) in [6, 6.07) is 1.49. The maximum absolute atomic E-state index is 12.7. The Morgan fingerprint density at radius 1 is 1.41 bits per heavy atom. The number of alkyl halides is 5. The van der Waals surface area contributed by atoms with E-state index in [1.54, 1.807) is 0 Å². The van der Waals surface area contributed by atoms with Gasteiger partial charge in [0.15, 0.2) is 0 Å². The van der Waals surface area contributed by atoms with Crippen LogP contribution in [0.2, 0.25) is 0 Å². The van der Waals surface area contributed by atoms with Crippen molar-refractivity contribution in [2.75, 3.05) is 0 Å². The number of hydrogen-bond acceptors (Lipinski definition) is 2. The lowest BCUT2D eigenvalue weighted by Gasteiger charge is -2.16. The first-order chi connectivity index (χ1) is 7.79. The highest BCUT2D eigenvalue weighted by atomic mass is 127. The van der Waals surface area contributed by atoms with Crippen LogP contribution in [0.25, 0.3) is 0 Å². The summed E-state index contributed by atoms with van der Waals surface area (Å²) < 4.78 is 62.9. The summed E-state index contributed by atoms with van der Waals surface area (Å²) in [5.74, 6) is 0. The highest BCUT2D eigenvalue weighted by molar-refractivity contribution is 14.1. The number of hydrogen-bond donors (Lipinski definition) is 0. The molecular weight excluding hydrogens is 358 g/mol. The minimum Gasteiger partial charge on any atom is -0.249 e. The summed E-state index contributed by atoms with van der Waals surface area (Å²) >= 11 is 1.31. The second-order valence-corrected chi connectivity index (χ2v) is 4.02. The fourth-order valence-corrected chi connectivity index (χ4v) is 1.94. The van der Waals surface area contributed by atoms with Crippen molar-refractivity contribution in [3.8, 4) is 6.07 Å². The minimum absolute atomic E-state index is 0.411. The molecule has 2 nitrogen and oxygen atoms in total. The van der Waals surface area contributed by atoms with Crippen LogP contribution in [0, 0.1) is 15.0 Å². The second kappa shape index (κ2) is 5.12. The van der Waals surface area contributed by atoms with Crippen molar-refractivity contribution in [3.63, 3.8) is 0 Å². The molecule has 0 fully saturated rings. The third-order valence-electron chi connectivity index (χ3n) is 1.92. The van der Waals surface area contributed by atoms with Gasteiger partial charge in [-0.05, 0) is 28.2 Å². The van der Waals surface area contributed by atoms with Gasteiger partial charge in [-0.25, -0.2) is 13.8 Å². The van der Waals surface area contributed by atoms with Crippen molar-refractivity contribution in [1.29, 1.82) is 5.26 Å². The predicted octanol–water partition coefficient (Wildman–Crippen LogP) is 3.71. The number of nitriles is 1. The van der Waals surface area contributed by atoms with Crippen LogP contribution in [0.5, 0.6) is 0 Å². The monoisotopic (exact) mass is 362 g/mol. The van der Waals surface area contributed by atoms with E-state index in [4.69, 9.17) is 5.26 Å². The Morgan fingerprint density at radius 3 is 2.41 bits per heavy atom. The van der Waals surface area contributed by atoms with Gasteiger partial charge in [-0.2, -0.15) is 18.4 Å². The van der Waals surface area contributed by atoms with E-state index in [9.17, 15) is 22.0 Å². The highest BCUT2D eigenvalue weighted by Crippen LogP contribution is 2.40. The first kappa shape index (κ1) is 14.1. The van der Waals surface area contributed by atoms with Crippen molar-refractivity contribution < 1.29 is 22.0 Å². The van der Waals surface area contributed by atoms with Crippen molar-refractivity contribution in [2.45, 2.75) is 19.0 Å². The van der Waals surface area contributed by atoms with E-state index >= 15 is 0 Å². The van der Waals surface area contributed by atoms with Gasteiger partial charge in [0.1, 0.15) is 3.70 Å². The third-order valence-corrected chi connectivity index (χ3v) is 2.78. The summed E-state index contributed by atoms with van der Waals surface area (Å²) in [6.45, 7) is 0. The maximum Gasteiger partial charge on any atom is 0.417 e.